The highest BCUT2D eigenvalue weighted by molar-refractivity contribution is 6.30. The predicted octanol–water partition coefficient (Wildman–Crippen LogP) is 2.14. The van der Waals surface area contributed by atoms with Crippen molar-refractivity contribution in [3.8, 4) is 0 Å². The molecular weight excluding hydrogens is 325 g/mol. The zero-order chi connectivity index (χ0) is 15.2. The smallest absolute Gasteiger partial charge is 0.238 e. The summed E-state index contributed by atoms with van der Waals surface area (Å²) >= 11 is 5.91. The molecule has 0 saturated carbocycles. The molecule has 1 aromatic rings. The number of likely N-dealkylation sites (tertiary alicyclic amines) is 1. The monoisotopic (exact) mass is 347 g/mol. The first-order chi connectivity index (χ1) is 10.1. The van der Waals surface area contributed by atoms with Gasteiger partial charge in [-0.2, -0.15) is 0 Å². The summed E-state index contributed by atoms with van der Waals surface area (Å²) in [5.74, 6) is -0.0495. The molecule has 22 heavy (non-hydrogen) atoms. The van der Waals surface area contributed by atoms with E-state index in [4.69, 9.17) is 22.1 Å². The number of methoxy groups -OCH3 is 1. The van der Waals surface area contributed by atoms with E-state index in [2.05, 4.69) is 10.2 Å². The number of halogens is 2. The summed E-state index contributed by atoms with van der Waals surface area (Å²) in [4.78, 5) is 14.3. The van der Waals surface area contributed by atoms with Crippen LogP contribution in [0.4, 0.5) is 5.69 Å². The molecule has 2 unspecified atom stereocenters. The maximum atomic E-state index is 12.1. The first-order valence-corrected chi connectivity index (χ1v) is 7.52. The van der Waals surface area contributed by atoms with Gasteiger partial charge in [0.25, 0.3) is 0 Å². The topological polar surface area (TPSA) is 67.6 Å². The van der Waals surface area contributed by atoms with Gasteiger partial charge in [0, 0.05) is 37.0 Å². The summed E-state index contributed by atoms with van der Waals surface area (Å²) in [6.45, 7) is 1.69. The van der Waals surface area contributed by atoms with Gasteiger partial charge in [-0.15, -0.1) is 12.4 Å². The third kappa shape index (κ3) is 5.41. The van der Waals surface area contributed by atoms with Gasteiger partial charge in [-0.1, -0.05) is 17.7 Å². The number of nitrogens with zero attached hydrogens (tertiary/aromatic N) is 1. The molecule has 3 N–H and O–H groups in total. The molecule has 0 radical (unpaired) electrons. The van der Waals surface area contributed by atoms with Crippen molar-refractivity contribution in [1.82, 2.24) is 4.90 Å². The van der Waals surface area contributed by atoms with E-state index in [1.165, 1.54) is 0 Å². The molecular formula is C15H23Cl2N3O2. The van der Waals surface area contributed by atoms with Gasteiger partial charge in [0.15, 0.2) is 0 Å². The number of nitrogens with two attached hydrogens (primary N) is 1. The van der Waals surface area contributed by atoms with Crippen LogP contribution in [0.3, 0.4) is 0 Å². The highest BCUT2D eigenvalue weighted by Crippen LogP contribution is 2.19. The van der Waals surface area contributed by atoms with Crippen LogP contribution < -0.4 is 11.1 Å². The number of hydrogen-bond donors (Lipinski definition) is 2. The van der Waals surface area contributed by atoms with Crippen molar-refractivity contribution >= 4 is 35.6 Å². The van der Waals surface area contributed by atoms with Crippen molar-refractivity contribution in [2.45, 2.75) is 25.0 Å². The summed E-state index contributed by atoms with van der Waals surface area (Å²) < 4.78 is 5.39. The van der Waals surface area contributed by atoms with E-state index in [0.29, 0.717) is 23.8 Å². The number of ether oxygens (including phenoxy) is 1. The second-order valence-electron chi connectivity index (χ2n) is 5.30. The van der Waals surface area contributed by atoms with Crippen LogP contribution in [0.15, 0.2) is 24.3 Å². The first kappa shape index (κ1) is 19.2. The maximum Gasteiger partial charge on any atom is 0.238 e. The molecule has 0 spiro atoms. The van der Waals surface area contributed by atoms with Crippen LogP contribution in [0, 0.1) is 0 Å². The quantitative estimate of drug-likeness (QED) is 0.856. The van der Waals surface area contributed by atoms with Crippen LogP contribution in [-0.2, 0) is 9.53 Å². The van der Waals surface area contributed by atoms with Gasteiger partial charge in [-0.05, 0) is 31.0 Å². The summed E-state index contributed by atoms with van der Waals surface area (Å²) in [6, 6.07) is 7.33. The Morgan fingerprint density at radius 2 is 2.32 bits per heavy atom. The van der Waals surface area contributed by atoms with E-state index in [9.17, 15) is 4.79 Å². The molecule has 0 aliphatic carbocycles. The van der Waals surface area contributed by atoms with E-state index in [1.807, 2.05) is 12.1 Å². The Hall–Kier alpha value is -0.850. The van der Waals surface area contributed by atoms with Gasteiger partial charge in [-0.25, -0.2) is 0 Å². The van der Waals surface area contributed by atoms with Crippen molar-refractivity contribution in [2.24, 2.45) is 5.73 Å². The molecule has 1 aromatic carbocycles. The Balaban J connectivity index is 0.00000242. The molecule has 7 heteroatoms. The van der Waals surface area contributed by atoms with Crippen LogP contribution >= 0.6 is 24.0 Å². The molecule has 2 atom stereocenters. The van der Waals surface area contributed by atoms with Crippen molar-refractivity contribution in [2.75, 3.05) is 32.1 Å². The van der Waals surface area contributed by atoms with E-state index in [-0.39, 0.29) is 30.5 Å². The van der Waals surface area contributed by atoms with Gasteiger partial charge < -0.3 is 15.8 Å². The van der Waals surface area contributed by atoms with E-state index in [0.717, 1.165) is 19.4 Å². The fourth-order valence-electron chi connectivity index (χ4n) is 2.68. The molecule has 1 saturated heterocycles. The second kappa shape index (κ2) is 9.33. The number of carbonyl (C=O) groups excluding carboxylic acids is 1. The molecule has 1 amide bonds. The molecule has 124 valence electrons. The Labute approximate surface area is 142 Å². The average molecular weight is 348 g/mol. The molecule has 1 aliphatic heterocycles. The lowest BCUT2D eigenvalue weighted by Gasteiger charge is -2.37. The number of amides is 1. The number of nitrogens with one attached hydrogen (secondary N) is 1. The Bertz CT molecular complexity index is 488. The minimum atomic E-state index is -0.0495. The molecule has 1 heterocycles. The molecule has 0 bridgehead atoms. The summed E-state index contributed by atoms with van der Waals surface area (Å²) in [5, 5.41) is 3.47. The SMILES string of the molecule is COC1CCN(CC(=O)Nc2cccc(Cl)c2)C(CN)C1.Cl. The van der Waals surface area contributed by atoms with E-state index in [1.54, 1.807) is 19.2 Å². The first-order valence-electron chi connectivity index (χ1n) is 7.14. The van der Waals surface area contributed by atoms with Crippen LogP contribution in [-0.4, -0.2) is 49.7 Å². The maximum absolute atomic E-state index is 12.1. The molecule has 1 aliphatic rings. The van der Waals surface area contributed by atoms with E-state index >= 15 is 0 Å². The Morgan fingerprint density at radius 3 is 2.95 bits per heavy atom. The van der Waals surface area contributed by atoms with E-state index < -0.39 is 0 Å². The summed E-state index contributed by atoms with van der Waals surface area (Å²) in [6.07, 6.45) is 2.04. The highest BCUT2D eigenvalue weighted by atomic mass is 35.5. The Kier molecular flexibility index (Phi) is 8.14. The lowest BCUT2D eigenvalue weighted by molar-refractivity contribution is -0.118. The van der Waals surface area contributed by atoms with Gasteiger partial charge in [0.2, 0.25) is 5.91 Å². The molecule has 1 fully saturated rings. The van der Waals surface area contributed by atoms with Crippen molar-refractivity contribution < 1.29 is 9.53 Å². The van der Waals surface area contributed by atoms with Gasteiger partial charge >= 0.3 is 0 Å². The van der Waals surface area contributed by atoms with Crippen molar-refractivity contribution in [1.29, 1.82) is 0 Å². The van der Waals surface area contributed by atoms with Crippen LogP contribution in [0.2, 0.25) is 5.02 Å². The number of rotatable bonds is 5. The number of benzene rings is 1. The largest absolute Gasteiger partial charge is 0.381 e. The van der Waals surface area contributed by atoms with Gasteiger partial charge in [-0.3, -0.25) is 9.69 Å². The zero-order valence-corrected chi connectivity index (χ0v) is 14.2. The number of hydrogen-bond acceptors (Lipinski definition) is 4. The molecule has 5 nitrogen and oxygen atoms in total. The summed E-state index contributed by atoms with van der Waals surface area (Å²) in [5.41, 5.74) is 6.52. The number of anilines is 1. The van der Waals surface area contributed by atoms with Crippen LogP contribution in [0.5, 0.6) is 0 Å². The predicted molar refractivity (Wildman–Crippen MR) is 91.8 cm³/mol. The minimum Gasteiger partial charge on any atom is -0.381 e. The lowest BCUT2D eigenvalue weighted by Crippen LogP contribution is -2.50. The van der Waals surface area contributed by atoms with Crippen LogP contribution in [0.1, 0.15) is 12.8 Å². The van der Waals surface area contributed by atoms with Crippen molar-refractivity contribution in [3.63, 3.8) is 0 Å². The normalized spacial score (nSPS) is 22.0. The number of carbonyl (C=O) groups is 1. The zero-order valence-electron chi connectivity index (χ0n) is 12.6. The average Bonchev–Trinajstić information content (AvgIpc) is 2.47. The highest BCUT2D eigenvalue weighted by Gasteiger charge is 2.28. The fourth-order valence-corrected chi connectivity index (χ4v) is 2.87. The van der Waals surface area contributed by atoms with Crippen LogP contribution in [0.25, 0.3) is 0 Å². The van der Waals surface area contributed by atoms with Gasteiger partial charge in [0.1, 0.15) is 0 Å². The third-order valence-electron chi connectivity index (χ3n) is 3.85. The standard InChI is InChI=1S/C15H22ClN3O2.ClH/c1-21-14-5-6-19(13(8-14)9-17)10-15(20)18-12-4-2-3-11(16)7-12;/h2-4,7,13-14H,5-6,8-10,17H2,1H3,(H,18,20);1H. The minimum absolute atomic E-state index is 0. The number of piperidine rings is 1. The fraction of sp³-hybridized carbons (Fsp3) is 0.533. The third-order valence-corrected chi connectivity index (χ3v) is 4.09. The lowest BCUT2D eigenvalue weighted by atomic mass is 9.99. The van der Waals surface area contributed by atoms with Gasteiger partial charge in [0.05, 0.1) is 12.6 Å². The summed E-state index contributed by atoms with van der Waals surface area (Å²) in [7, 11) is 1.72. The second-order valence-corrected chi connectivity index (χ2v) is 5.74. The Morgan fingerprint density at radius 1 is 1.55 bits per heavy atom. The molecule has 2 rings (SSSR count). The molecule has 0 aromatic heterocycles. The van der Waals surface area contributed by atoms with Crippen molar-refractivity contribution in [3.05, 3.63) is 29.3 Å².